The second kappa shape index (κ2) is 7.88. The van der Waals surface area contributed by atoms with Gasteiger partial charge in [0.05, 0.1) is 16.1 Å². The SMILES string of the molecule is CC(=O)N(C)c1ccc(NC(=O)c2ccc(NC(=O)c3ccco3)s2)cc1. The number of nitrogens with one attached hydrogen (secondary N) is 2. The number of furan rings is 1. The minimum absolute atomic E-state index is 0.0745. The minimum Gasteiger partial charge on any atom is -0.459 e. The third kappa shape index (κ3) is 4.42. The highest BCUT2D eigenvalue weighted by Crippen LogP contribution is 2.24. The fourth-order valence-electron chi connectivity index (χ4n) is 2.25. The molecule has 0 radical (unpaired) electrons. The Bertz CT molecular complexity index is 961. The zero-order valence-electron chi connectivity index (χ0n) is 14.7. The largest absolute Gasteiger partial charge is 0.459 e. The van der Waals surface area contributed by atoms with Gasteiger partial charge in [-0.1, -0.05) is 0 Å². The van der Waals surface area contributed by atoms with E-state index in [0.29, 0.717) is 15.6 Å². The average molecular weight is 383 g/mol. The van der Waals surface area contributed by atoms with Crippen LogP contribution in [-0.4, -0.2) is 24.8 Å². The predicted octanol–water partition coefficient (Wildman–Crippen LogP) is 3.83. The summed E-state index contributed by atoms with van der Waals surface area (Å²) in [7, 11) is 1.68. The van der Waals surface area contributed by atoms with Crippen molar-refractivity contribution in [3.8, 4) is 0 Å². The molecule has 0 aliphatic rings. The molecule has 0 unspecified atom stereocenters. The van der Waals surface area contributed by atoms with Crippen LogP contribution in [0.25, 0.3) is 0 Å². The molecule has 2 aromatic heterocycles. The van der Waals surface area contributed by atoms with Gasteiger partial charge in [-0.25, -0.2) is 0 Å². The number of anilines is 3. The molecule has 0 bridgehead atoms. The maximum atomic E-state index is 12.4. The average Bonchev–Trinajstić information content (AvgIpc) is 3.33. The van der Waals surface area contributed by atoms with Gasteiger partial charge in [-0.3, -0.25) is 14.4 Å². The Kier molecular flexibility index (Phi) is 5.37. The number of thiophene rings is 1. The Labute approximate surface area is 159 Å². The molecular weight excluding hydrogens is 366 g/mol. The fourth-order valence-corrected chi connectivity index (χ4v) is 3.05. The van der Waals surface area contributed by atoms with Crippen LogP contribution < -0.4 is 15.5 Å². The first kappa shape index (κ1) is 18.4. The molecule has 2 heterocycles. The van der Waals surface area contributed by atoms with Crippen molar-refractivity contribution in [1.29, 1.82) is 0 Å². The summed E-state index contributed by atoms with van der Waals surface area (Å²) in [6.07, 6.45) is 1.42. The van der Waals surface area contributed by atoms with Crippen LogP contribution in [-0.2, 0) is 4.79 Å². The molecule has 0 saturated heterocycles. The third-order valence-electron chi connectivity index (χ3n) is 3.80. The Morgan fingerprint density at radius 3 is 2.33 bits per heavy atom. The van der Waals surface area contributed by atoms with Crippen LogP contribution in [0.2, 0.25) is 0 Å². The molecule has 8 heteroatoms. The van der Waals surface area contributed by atoms with E-state index in [1.807, 2.05) is 0 Å². The number of nitrogens with zero attached hydrogens (tertiary/aromatic N) is 1. The van der Waals surface area contributed by atoms with Crippen LogP contribution in [0, 0.1) is 0 Å². The molecule has 0 atom stereocenters. The van der Waals surface area contributed by atoms with Crippen LogP contribution in [0.4, 0.5) is 16.4 Å². The summed E-state index contributed by atoms with van der Waals surface area (Å²) in [6.45, 7) is 1.48. The lowest BCUT2D eigenvalue weighted by Crippen LogP contribution is -2.22. The van der Waals surface area contributed by atoms with Crippen molar-refractivity contribution < 1.29 is 18.8 Å². The highest BCUT2D eigenvalue weighted by Gasteiger charge is 2.14. The van der Waals surface area contributed by atoms with Crippen molar-refractivity contribution in [2.45, 2.75) is 6.92 Å². The molecule has 2 N–H and O–H groups in total. The zero-order valence-corrected chi connectivity index (χ0v) is 15.5. The summed E-state index contributed by atoms with van der Waals surface area (Å²) >= 11 is 1.16. The third-order valence-corrected chi connectivity index (χ3v) is 4.80. The van der Waals surface area contributed by atoms with Gasteiger partial charge in [-0.15, -0.1) is 11.3 Å². The van der Waals surface area contributed by atoms with E-state index in [2.05, 4.69) is 10.6 Å². The molecule has 0 saturated carbocycles. The molecule has 0 aliphatic heterocycles. The second-order valence-electron chi connectivity index (χ2n) is 5.67. The fraction of sp³-hybridized carbons (Fsp3) is 0.105. The lowest BCUT2D eigenvalue weighted by Gasteiger charge is -2.15. The Morgan fingerprint density at radius 2 is 1.70 bits per heavy atom. The van der Waals surface area contributed by atoms with Crippen LogP contribution in [0.3, 0.4) is 0 Å². The standard InChI is InChI=1S/C19H17N3O4S/c1-12(23)22(2)14-7-5-13(6-8-14)20-19(25)16-9-10-17(27-16)21-18(24)15-4-3-11-26-15/h3-11H,1-2H3,(H,20,25)(H,21,24). The summed E-state index contributed by atoms with van der Waals surface area (Å²) in [5.74, 6) is -0.537. The summed E-state index contributed by atoms with van der Waals surface area (Å²) in [6, 6.07) is 13.4. The minimum atomic E-state index is -0.376. The topological polar surface area (TPSA) is 91.7 Å². The number of hydrogen-bond acceptors (Lipinski definition) is 5. The smallest absolute Gasteiger partial charge is 0.291 e. The van der Waals surface area contributed by atoms with Crippen molar-refractivity contribution >= 4 is 45.4 Å². The van der Waals surface area contributed by atoms with Crippen molar-refractivity contribution in [2.24, 2.45) is 0 Å². The Morgan fingerprint density at radius 1 is 0.963 bits per heavy atom. The van der Waals surface area contributed by atoms with Crippen molar-refractivity contribution in [2.75, 3.05) is 22.6 Å². The van der Waals surface area contributed by atoms with E-state index in [0.717, 1.165) is 17.0 Å². The molecule has 3 aromatic rings. The quantitative estimate of drug-likeness (QED) is 0.700. The predicted molar refractivity (Wildman–Crippen MR) is 104 cm³/mol. The lowest BCUT2D eigenvalue weighted by molar-refractivity contribution is -0.116. The van der Waals surface area contributed by atoms with Crippen molar-refractivity contribution in [1.82, 2.24) is 0 Å². The van der Waals surface area contributed by atoms with Gasteiger partial charge >= 0.3 is 0 Å². The van der Waals surface area contributed by atoms with Crippen LogP contribution in [0.1, 0.15) is 27.2 Å². The van der Waals surface area contributed by atoms with E-state index in [-0.39, 0.29) is 23.5 Å². The zero-order chi connectivity index (χ0) is 19.4. The van der Waals surface area contributed by atoms with Crippen molar-refractivity contribution in [3.63, 3.8) is 0 Å². The van der Waals surface area contributed by atoms with Gasteiger partial charge in [0.15, 0.2) is 5.76 Å². The molecule has 7 nitrogen and oxygen atoms in total. The number of rotatable bonds is 5. The van der Waals surface area contributed by atoms with Gasteiger partial charge < -0.3 is 20.0 Å². The van der Waals surface area contributed by atoms with E-state index in [1.54, 1.807) is 55.6 Å². The van der Waals surface area contributed by atoms with E-state index in [9.17, 15) is 14.4 Å². The van der Waals surface area contributed by atoms with E-state index in [1.165, 1.54) is 18.1 Å². The summed E-state index contributed by atoms with van der Waals surface area (Å²) in [5.41, 5.74) is 1.34. The van der Waals surface area contributed by atoms with E-state index >= 15 is 0 Å². The van der Waals surface area contributed by atoms with Crippen LogP contribution in [0.15, 0.2) is 59.2 Å². The molecular formula is C19H17N3O4S. The number of carbonyl (C=O) groups excluding carboxylic acids is 3. The van der Waals surface area contributed by atoms with Crippen LogP contribution in [0.5, 0.6) is 0 Å². The monoisotopic (exact) mass is 383 g/mol. The molecule has 3 rings (SSSR count). The summed E-state index contributed by atoms with van der Waals surface area (Å²) < 4.78 is 5.03. The molecule has 3 amide bonds. The van der Waals surface area contributed by atoms with Crippen LogP contribution >= 0.6 is 11.3 Å². The molecule has 1 aromatic carbocycles. The van der Waals surface area contributed by atoms with Gasteiger partial charge in [-0.2, -0.15) is 0 Å². The Balaban J connectivity index is 1.62. The Hall–Kier alpha value is -3.39. The van der Waals surface area contributed by atoms with E-state index in [4.69, 9.17) is 4.42 Å². The van der Waals surface area contributed by atoms with Gasteiger partial charge in [0.2, 0.25) is 5.91 Å². The molecule has 0 spiro atoms. The van der Waals surface area contributed by atoms with Gasteiger partial charge in [-0.05, 0) is 48.5 Å². The van der Waals surface area contributed by atoms with E-state index < -0.39 is 0 Å². The molecule has 27 heavy (non-hydrogen) atoms. The summed E-state index contributed by atoms with van der Waals surface area (Å²) in [5, 5.41) is 6.01. The number of hydrogen-bond donors (Lipinski definition) is 2. The van der Waals surface area contributed by atoms with Gasteiger partial charge in [0.1, 0.15) is 0 Å². The highest BCUT2D eigenvalue weighted by molar-refractivity contribution is 7.18. The second-order valence-corrected chi connectivity index (χ2v) is 6.76. The first-order valence-electron chi connectivity index (χ1n) is 8.04. The first-order valence-corrected chi connectivity index (χ1v) is 8.86. The number of carbonyl (C=O) groups is 3. The lowest BCUT2D eigenvalue weighted by atomic mass is 10.2. The number of amides is 3. The molecule has 138 valence electrons. The molecule has 0 aliphatic carbocycles. The normalized spacial score (nSPS) is 10.3. The van der Waals surface area contributed by atoms with Gasteiger partial charge in [0, 0.05) is 25.3 Å². The number of benzene rings is 1. The maximum absolute atomic E-state index is 12.4. The van der Waals surface area contributed by atoms with Gasteiger partial charge in [0.25, 0.3) is 11.8 Å². The highest BCUT2D eigenvalue weighted by atomic mass is 32.1. The maximum Gasteiger partial charge on any atom is 0.291 e. The van der Waals surface area contributed by atoms with Crippen molar-refractivity contribution in [3.05, 3.63) is 65.4 Å². The molecule has 0 fully saturated rings. The summed E-state index contributed by atoms with van der Waals surface area (Å²) in [4.78, 5) is 37.7. The first-order chi connectivity index (χ1) is 12.9.